The Morgan fingerprint density at radius 3 is 1.64 bits per heavy atom. The van der Waals surface area contributed by atoms with Crippen LogP contribution in [0.5, 0.6) is 0 Å². The number of para-hydroxylation sites is 3. The fourth-order valence-corrected chi connectivity index (χ4v) is 23.1. The molecule has 0 saturated carbocycles. The maximum absolute atomic E-state index is 5.28. The van der Waals surface area contributed by atoms with Gasteiger partial charge in [0, 0.05) is 57.2 Å². The maximum Gasteiger partial charge on any atom is 0.184 e. The van der Waals surface area contributed by atoms with Crippen LogP contribution in [0.4, 0.5) is 17.2 Å². The van der Waals surface area contributed by atoms with E-state index in [1.165, 1.54) is 74.1 Å². The number of fused-ring (bicyclic) bond motifs is 12. The molecule has 0 radical (unpaired) electrons. The second-order valence-electron chi connectivity index (χ2n) is 19.7. The molecule has 0 N–H and O–H groups in total. The first-order valence-corrected chi connectivity index (χ1v) is 29.7. The first kappa shape index (κ1) is 43.2. The lowest BCUT2D eigenvalue weighted by molar-refractivity contribution is 1.17. The van der Waals surface area contributed by atoms with Gasteiger partial charge in [-0.1, -0.05) is 212 Å². The van der Waals surface area contributed by atoms with E-state index in [4.69, 9.17) is 9.97 Å². The second kappa shape index (κ2) is 17.1. The zero-order chi connectivity index (χ0) is 49.5. The molecule has 1 aliphatic heterocycles. The predicted molar refractivity (Wildman–Crippen MR) is 318 cm³/mol. The predicted octanol–water partition coefficient (Wildman–Crippen LogP) is 10.7. The van der Waals surface area contributed by atoms with Crippen LogP contribution >= 0.6 is 0 Å². The minimum Gasteiger partial charge on any atom is -0.309 e. The van der Waals surface area contributed by atoms with Crippen LogP contribution in [0, 0.1) is 0 Å². The molecule has 0 unspecified atom stereocenters. The van der Waals surface area contributed by atoms with Crippen LogP contribution in [0.25, 0.3) is 54.8 Å². The van der Waals surface area contributed by atoms with E-state index >= 15 is 0 Å². The Kier molecular flexibility index (Phi) is 9.85. The zero-order valence-corrected chi connectivity index (χ0v) is 42.9. The molecule has 4 aromatic heterocycles. The molecule has 0 atom stereocenters. The Bertz CT molecular complexity index is 4390. The van der Waals surface area contributed by atoms with Gasteiger partial charge in [-0.2, -0.15) is 0 Å². The summed E-state index contributed by atoms with van der Waals surface area (Å²) in [7, 11) is -6.53. The molecule has 5 heterocycles. The van der Waals surface area contributed by atoms with Crippen molar-refractivity contribution in [1.82, 2.24) is 18.9 Å². The fourth-order valence-electron chi connectivity index (χ4n) is 13.1. The SMILES string of the molecule is c1ccc(-n2c3ccccc3c3c4c(ccc32)N(c2ccccn2)c2cc([Si](c3ccccc3)(c3ccccc3)c3ccc5c6ccccc6n6ccnc6c5c3)ccc2[Si]4(c2ccccc2)c2ccccc2)cc1. The minimum atomic E-state index is -3.30. The molecule has 1 aliphatic rings. The summed E-state index contributed by atoms with van der Waals surface area (Å²) in [5.74, 6) is 0.873. The molecule has 0 aliphatic carbocycles. The summed E-state index contributed by atoms with van der Waals surface area (Å²) in [6.07, 6.45) is 5.97. The highest BCUT2D eigenvalue weighted by molar-refractivity contribution is 7.23. The summed E-state index contributed by atoms with van der Waals surface area (Å²) in [6.45, 7) is 0. The molecular weight excluding hydrogens is 943 g/mol. The van der Waals surface area contributed by atoms with Crippen molar-refractivity contribution in [2.75, 3.05) is 4.90 Å². The van der Waals surface area contributed by atoms with Crippen LogP contribution in [-0.2, 0) is 0 Å². The first-order valence-electron chi connectivity index (χ1n) is 25.7. The smallest absolute Gasteiger partial charge is 0.184 e. The Morgan fingerprint density at radius 2 is 0.960 bits per heavy atom. The summed E-state index contributed by atoms with van der Waals surface area (Å²) in [4.78, 5) is 12.8. The van der Waals surface area contributed by atoms with E-state index in [1.807, 2.05) is 18.5 Å². The molecule has 352 valence electrons. The third kappa shape index (κ3) is 6.23. The number of rotatable bonds is 8. The van der Waals surface area contributed by atoms with Crippen molar-refractivity contribution in [3.63, 3.8) is 0 Å². The Labute approximate surface area is 436 Å². The quantitative estimate of drug-likeness (QED) is 0.0865. The molecule has 10 aromatic carbocycles. The minimum absolute atomic E-state index is 0.873. The van der Waals surface area contributed by atoms with E-state index < -0.39 is 16.1 Å². The summed E-state index contributed by atoms with van der Waals surface area (Å²) in [6, 6.07) is 100. The van der Waals surface area contributed by atoms with Crippen LogP contribution in [0.15, 0.2) is 286 Å². The first-order chi connectivity index (χ1) is 37.2. The molecule has 0 bridgehead atoms. The third-order valence-electron chi connectivity index (χ3n) is 16.0. The number of hydrogen-bond acceptors (Lipinski definition) is 3. The lowest BCUT2D eigenvalue weighted by Gasteiger charge is -2.46. The van der Waals surface area contributed by atoms with Crippen molar-refractivity contribution in [2.45, 2.75) is 0 Å². The molecule has 7 heteroatoms. The van der Waals surface area contributed by atoms with Crippen LogP contribution in [0.3, 0.4) is 0 Å². The fraction of sp³-hybridized carbons (Fsp3) is 0. The average Bonchev–Trinajstić information content (AvgIpc) is 4.13. The molecule has 0 amide bonds. The van der Waals surface area contributed by atoms with Crippen molar-refractivity contribution in [1.29, 1.82) is 0 Å². The van der Waals surface area contributed by atoms with Gasteiger partial charge in [-0.25, -0.2) is 9.97 Å². The average molecular weight is 990 g/mol. The zero-order valence-electron chi connectivity index (χ0n) is 40.9. The highest BCUT2D eigenvalue weighted by Gasteiger charge is 2.52. The van der Waals surface area contributed by atoms with E-state index in [0.29, 0.717) is 0 Å². The number of nitrogens with zero attached hydrogens (tertiary/aromatic N) is 5. The monoisotopic (exact) mass is 989 g/mol. The van der Waals surface area contributed by atoms with Crippen LogP contribution in [0.1, 0.15) is 0 Å². The van der Waals surface area contributed by atoms with Gasteiger partial charge >= 0.3 is 0 Å². The van der Waals surface area contributed by atoms with Gasteiger partial charge in [0.25, 0.3) is 0 Å². The Morgan fingerprint density at radius 1 is 0.373 bits per heavy atom. The summed E-state index contributed by atoms with van der Waals surface area (Å²) >= 11 is 0. The molecule has 15 rings (SSSR count). The highest BCUT2D eigenvalue weighted by atomic mass is 28.3. The van der Waals surface area contributed by atoms with E-state index in [9.17, 15) is 0 Å². The number of anilines is 3. The Balaban J connectivity index is 1.11. The van der Waals surface area contributed by atoms with Crippen LogP contribution < -0.4 is 46.4 Å². The van der Waals surface area contributed by atoms with Gasteiger partial charge in [-0.3, -0.25) is 9.30 Å². The van der Waals surface area contributed by atoms with Gasteiger partial charge in [0.05, 0.1) is 16.6 Å². The van der Waals surface area contributed by atoms with E-state index in [2.05, 4.69) is 281 Å². The summed E-state index contributed by atoms with van der Waals surface area (Å²) in [5, 5.41) is 16.6. The van der Waals surface area contributed by atoms with Crippen LogP contribution in [-0.4, -0.2) is 35.1 Å². The lowest BCUT2D eigenvalue weighted by atomic mass is 10.1. The molecule has 75 heavy (non-hydrogen) atoms. The largest absolute Gasteiger partial charge is 0.309 e. The van der Waals surface area contributed by atoms with E-state index in [-0.39, 0.29) is 0 Å². The number of benzene rings is 10. The molecule has 0 fully saturated rings. The maximum atomic E-state index is 5.28. The normalized spacial score (nSPS) is 13.1. The van der Waals surface area contributed by atoms with Crippen molar-refractivity contribution in [2.24, 2.45) is 0 Å². The van der Waals surface area contributed by atoms with Gasteiger partial charge in [-0.05, 0) is 101 Å². The number of aromatic nitrogens is 4. The van der Waals surface area contributed by atoms with Crippen molar-refractivity contribution in [3.8, 4) is 5.69 Å². The number of imidazole rings is 1. The molecule has 0 spiro atoms. The topological polar surface area (TPSA) is 38.4 Å². The van der Waals surface area contributed by atoms with Gasteiger partial charge in [0.2, 0.25) is 0 Å². The highest BCUT2D eigenvalue weighted by Crippen LogP contribution is 2.42. The molecule has 5 nitrogen and oxygen atoms in total. The van der Waals surface area contributed by atoms with Gasteiger partial charge in [0.1, 0.15) is 11.5 Å². The standard InChI is InChI=1S/C68H47N5Si2/c1-6-22-48(23-7-1)72-60-35-19-17-33-57(60)66-61(72)40-41-62-67(66)75(51-28-12-4-13-29-51,52-30-14-5-15-31-52)64-42-38-54(47-63(64)73(62)65-36-20-21-43-69-65)74(49-24-8-2-9-25-49,50-26-10-3-11-27-50)53-37-39-55-56-32-16-18-34-59(56)71-45-44-70-68(71)58(55)46-53/h1-47H. The van der Waals surface area contributed by atoms with Crippen molar-refractivity contribution < 1.29 is 0 Å². The Hall–Kier alpha value is -9.41. The van der Waals surface area contributed by atoms with Gasteiger partial charge in [-0.15, -0.1) is 0 Å². The van der Waals surface area contributed by atoms with Crippen molar-refractivity contribution in [3.05, 3.63) is 286 Å². The molecular formula is C68H47N5Si2. The summed E-state index contributed by atoms with van der Waals surface area (Å²) < 4.78 is 4.72. The van der Waals surface area contributed by atoms with E-state index in [0.717, 1.165) is 39.4 Å². The van der Waals surface area contributed by atoms with E-state index in [1.54, 1.807) is 0 Å². The van der Waals surface area contributed by atoms with Crippen molar-refractivity contribution >= 4 is 124 Å². The second-order valence-corrected chi connectivity index (χ2v) is 27.2. The molecule has 14 aromatic rings. The third-order valence-corrected chi connectivity index (χ3v) is 25.7. The van der Waals surface area contributed by atoms with Gasteiger partial charge < -0.3 is 4.57 Å². The van der Waals surface area contributed by atoms with Crippen LogP contribution in [0.2, 0.25) is 0 Å². The van der Waals surface area contributed by atoms with Gasteiger partial charge in [0.15, 0.2) is 16.1 Å². The molecule has 0 saturated heterocycles. The summed E-state index contributed by atoms with van der Waals surface area (Å²) in [5.41, 5.74) is 7.90. The number of hydrogen-bond donors (Lipinski definition) is 0. The number of pyridine rings is 2. The lowest BCUT2D eigenvalue weighted by Crippen LogP contribution is -2.78.